The number of hydrogen-bond donors (Lipinski definition) is 0. The summed E-state index contributed by atoms with van der Waals surface area (Å²) in [6.07, 6.45) is 27.5. The Hall–Kier alpha value is -1.56. The topological polar surface area (TPSA) is 0 Å². The molecule has 0 aromatic heterocycles. The Kier molecular flexibility index (Phi) is 18.2. The number of unbranched alkanes of at least 4 members (excludes halogenated alkanes) is 1. The van der Waals surface area contributed by atoms with E-state index in [1.165, 1.54) is 104 Å². The molecule has 0 amide bonds. The van der Waals surface area contributed by atoms with Gasteiger partial charge in [-0.15, -0.1) is 0 Å². The molecule has 31 heavy (non-hydrogen) atoms. The summed E-state index contributed by atoms with van der Waals surface area (Å²) in [5, 5.41) is 0. The zero-order chi connectivity index (χ0) is 23.5. The van der Waals surface area contributed by atoms with Crippen LogP contribution in [0.4, 0.5) is 0 Å². The van der Waals surface area contributed by atoms with E-state index in [1.54, 1.807) is 0 Å². The maximum Gasteiger partial charge on any atom is -0.0288 e. The van der Waals surface area contributed by atoms with Crippen LogP contribution in [0.1, 0.15) is 126 Å². The van der Waals surface area contributed by atoms with Crippen LogP contribution in [0.5, 0.6) is 0 Å². The summed E-state index contributed by atoms with van der Waals surface area (Å²) in [4.78, 5) is 0. The van der Waals surface area contributed by atoms with Gasteiger partial charge in [-0.05, 0) is 119 Å². The van der Waals surface area contributed by atoms with E-state index in [2.05, 4.69) is 91.8 Å². The molecule has 0 aliphatic heterocycles. The van der Waals surface area contributed by atoms with Crippen LogP contribution in [-0.4, -0.2) is 0 Å². The maximum absolute atomic E-state index is 2.44. The summed E-state index contributed by atoms with van der Waals surface area (Å²) in [5.41, 5.74) is 9.07. The predicted octanol–water partition coefficient (Wildman–Crippen LogP) is 11.0. The Morgan fingerprint density at radius 1 is 0.387 bits per heavy atom. The lowest BCUT2D eigenvalue weighted by Gasteiger charge is -2.03. The standard InChI is InChI=1S/C31H52/c1-9-27(4)19-13-21-31(8)25-15-23-29(6)18-11-10-17-28(5)22-14-24-30(7)20-12-16-26(2)3/h16-19,24-25H,9-15,20-23H2,1-8H3. The number of allylic oxidation sites excluding steroid dienone is 12. The highest BCUT2D eigenvalue weighted by molar-refractivity contribution is 5.08. The van der Waals surface area contributed by atoms with Crippen molar-refractivity contribution in [3.05, 3.63) is 69.9 Å². The van der Waals surface area contributed by atoms with Crippen molar-refractivity contribution in [3.8, 4) is 0 Å². The molecule has 0 unspecified atom stereocenters. The van der Waals surface area contributed by atoms with Crippen molar-refractivity contribution in [1.29, 1.82) is 0 Å². The lowest BCUT2D eigenvalue weighted by molar-refractivity contribution is 0.895. The molecular formula is C31H52. The van der Waals surface area contributed by atoms with Crippen molar-refractivity contribution < 1.29 is 0 Å². The zero-order valence-electron chi connectivity index (χ0n) is 22.2. The molecule has 0 nitrogen and oxygen atoms in total. The van der Waals surface area contributed by atoms with Crippen LogP contribution in [-0.2, 0) is 0 Å². The summed E-state index contributed by atoms with van der Waals surface area (Å²) in [7, 11) is 0. The second-order valence-electron chi connectivity index (χ2n) is 9.62. The molecule has 0 atom stereocenters. The Morgan fingerprint density at radius 2 is 0.677 bits per heavy atom. The average Bonchev–Trinajstić information content (AvgIpc) is 2.70. The third-order valence-corrected chi connectivity index (χ3v) is 5.90. The number of hydrogen-bond acceptors (Lipinski definition) is 0. The molecule has 0 heterocycles. The van der Waals surface area contributed by atoms with E-state index in [-0.39, 0.29) is 0 Å². The molecule has 0 rings (SSSR count). The Morgan fingerprint density at radius 3 is 1.00 bits per heavy atom. The molecule has 0 bridgehead atoms. The number of rotatable bonds is 16. The quantitative estimate of drug-likeness (QED) is 0.171. The molecule has 0 spiro atoms. The molecule has 0 aliphatic rings. The average molecular weight is 425 g/mol. The Labute approximate surface area is 196 Å². The largest absolute Gasteiger partial charge is 0.0856 e. The predicted molar refractivity (Wildman–Crippen MR) is 145 cm³/mol. The molecule has 0 N–H and O–H groups in total. The zero-order valence-corrected chi connectivity index (χ0v) is 22.2. The van der Waals surface area contributed by atoms with Gasteiger partial charge in [-0.25, -0.2) is 0 Å². The fourth-order valence-corrected chi connectivity index (χ4v) is 3.44. The van der Waals surface area contributed by atoms with Crippen molar-refractivity contribution in [1.82, 2.24) is 0 Å². The second kappa shape index (κ2) is 19.1. The summed E-state index contributed by atoms with van der Waals surface area (Å²) in [6, 6.07) is 0. The molecule has 0 saturated heterocycles. The lowest BCUT2D eigenvalue weighted by atomic mass is 10.0. The van der Waals surface area contributed by atoms with Crippen LogP contribution >= 0.6 is 0 Å². The third-order valence-electron chi connectivity index (χ3n) is 5.90. The van der Waals surface area contributed by atoms with Crippen LogP contribution in [0, 0.1) is 0 Å². The van der Waals surface area contributed by atoms with Crippen molar-refractivity contribution in [3.63, 3.8) is 0 Å². The van der Waals surface area contributed by atoms with Crippen LogP contribution < -0.4 is 0 Å². The highest BCUT2D eigenvalue weighted by atomic mass is 14.0. The van der Waals surface area contributed by atoms with Crippen LogP contribution in [0.2, 0.25) is 0 Å². The first-order valence-electron chi connectivity index (χ1n) is 12.7. The lowest BCUT2D eigenvalue weighted by Crippen LogP contribution is -1.82. The first kappa shape index (κ1) is 29.4. The molecule has 0 aliphatic carbocycles. The fourth-order valence-electron chi connectivity index (χ4n) is 3.44. The van der Waals surface area contributed by atoms with Gasteiger partial charge < -0.3 is 0 Å². The van der Waals surface area contributed by atoms with Gasteiger partial charge in [0.15, 0.2) is 0 Å². The van der Waals surface area contributed by atoms with Gasteiger partial charge in [0, 0.05) is 0 Å². The van der Waals surface area contributed by atoms with Crippen molar-refractivity contribution >= 4 is 0 Å². The summed E-state index contributed by atoms with van der Waals surface area (Å²) >= 11 is 0. The van der Waals surface area contributed by atoms with Gasteiger partial charge in [0.1, 0.15) is 0 Å². The molecule has 0 fully saturated rings. The second-order valence-corrected chi connectivity index (χ2v) is 9.62. The van der Waals surface area contributed by atoms with E-state index in [0.29, 0.717) is 0 Å². The van der Waals surface area contributed by atoms with E-state index in [9.17, 15) is 0 Å². The van der Waals surface area contributed by atoms with E-state index in [1.807, 2.05) is 0 Å². The van der Waals surface area contributed by atoms with Gasteiger partial charge in [0.05, 0.1) is 0 Å². The van der Waals surface area contributed by atoms with Crippen molar-refractivity contribution in [2.75, 3.05) is 0 Å². The summed E-state index contributed by atoms with van der Waals surface area (Å²) in [5.74, 6) is 0. The smallest absolute Gasteiger partial charge is 0.0288 e. The minimum Gasteiger partial charge on any atom is -0.0856 e. The normalized spacial score (nSPS) is 14.3. The minimum absolute atomic E-state index is 1.17. The van der Waals surface area contributed by atoms with Crippen LogP contribution in [0.3, 0.4) is 0 Å². The van der Waals surface area contributed by atoms with Gasteiger partial charge in [-0.2, -0.15) is 0 Å². The monoisotopic (exact) mass is 424 g/mol. The van der Waals surface area contributed by atoms with Crippen molar-refractivity contribution in [2.24, 2.45) is 0 Å². The molecule has 176 valence electrons. The summed E-state index contributed by atoms with van der Waals surface area (Å²) < 4.78 is 0. The molecule has 0 aromatic rings. The minimum atomic E-state index is 1.17. The highest BCUT2D eigenvalue weighted by Gasteiger charge is 1.94. The SMILES string of the molecule is CCC(C)=CCCC(C)=CCCC(C)=CCCC=C(C)CCC=C(C)CCC=C(C)C. The fraction of sp³-hybridized carbons (Fsp3) is 0.613. The highest BCUT2D eigenvalue weighted by Crippen LogP contribution is 2.14. The first-order chi connectivity index (χ1) is 14.7. The molecule has 0 radical (unpaired) electrons. The van der Waals surface area contributed by atoms with Gasteiger partial charge in [-0.3, -0.25) is 0 Å². The molecular weight excluding hydrogens is 372 g/mol. The van der Waals surface area contributed by atoms with Gasteiger partial charge in [0.25, 0.3) is 0 Å². The van der Waals surface area contributed by atoms with Gasteiger partial charge in [0.2, 0.25) is 0 Å². The third kappa shape index (κ3) is 20.1. The Bertz CT molecular complexity index is 654. The maximum atomic E-state index is 2.44. The van der Waals surface area contributed by atoms with Gasteiger partial charge in [-0.1, -0.05) is 76.8 Å². The van der Waals surface area contributed by atoms with E-state index in [0.717, 1.165) is 0 Å². The van der Waals surface area contributed by atoms with Crippen molar-refractivity contribution in [2.45, 2.75) is 126 Å². The Balaban J connectivity index is 4.07. The molecule has 0 aromatic carbocycles. The first-order valence-corrected chi connectivity index (χ1v) is 12.7. The molecule has 0 heteroatoms. The van der Waals surface area contributed by atoms with Crippen LogP contribution in [0.25, 0.3) is 0 Å². The van der Waals surface area contributed by atoms with E-state index < -0.39 is 0 Å². The van der Waals surface area contributed by atoms with E-state index >= 15 is 0 Å². The molecule has 0 saturated carbocycles. The van der Waals surface area contributed by atoms with Gasteiger partial charge >= 0.3 is 0 Å². The van der Waals surface area contributed by atoms with Crippen LogP contribution in [0.15, 0.2) is 69.9 Å². The van der Waals surface area contributed by atoms with E-state index in [4.69, 9.17) is 0 Å². The summed E-state index contributed by atoms with van der Waals surface area (Å²) in [6.45, 7) is 17.9.